The van der Waals surface area contributed by atoms with Crippen LogP contribution in [0.1, 0.15) is 53.7 Å². The Balaban J connectivity index is 1.33. The molecule has 1 aliphatic heterocycles. The number of hydrogen-bond acceptors (Lipinski definition) is 6. The molecule has 2 amide bonds. The molecular formula is C34H43N3O5. The molecule has 0 saturated carbocycles. The van der Waals surface area contributed by atoms with E-state index in [1.54, 1.807) is 21.3 Å². The average molecular weight is 574 g/mol. The Morgan fingerprint density at radius 1 is 0.833 bits per heavy atom. The molecule has 0 aromatic heterocycles. The lowest BCUT2D eigenvalue weighted by molar-refractivity contribution is -0.138. The standard InChI is InChI=1S/C34H43N3O5/c1-24(2)34(39)37(29-16-18-36(19-17-29)22-25-8-13-30(40-3)14-9-25)23-26-6-11-28(12-7-26)33(38)35-21-27-10-15-31(41-4)32(20-27)42-5/h6-15,20,24,29H,16-19,21-23H2,1-5H3,(H,35,38). The smallest absolute Gasteiger partial charge is 0.251 e. The van der Waals surface area contributed by atoms with Crippen LogP contribution in [0.15, 0.2) is 66.7 Å². The van der Waals surface area contributed by atoms with E-state index in [4.69, 9.17) is 14.2 Å². The monoisotopic (exact) mass is 573 g/mol. The molecular weight excluding hydrogens is 530 g/mol. The average Bonchev–Trinajstić information content (AvgIpc) is 3.03. The van der Waals surface area contributed by atoms with Crippen LogP contribution in [0.5, 0.6) is 17.2 Å². The summed E-state index contributed by atoms with van der Waals surface area (Å²) >= 11 is 0. The van der Waals surface area contributed by atoms with Crippen LogP contribution in [0.2, 0.25) is 0 Å². The fourth-order valence-electron chi connectivity index (χ4n) is 5.33. The summed E-state index contributed by atoms with van der Waals surface area (Å²) in [5.41, 5.74) is 3.77. The van der Waals surface area contributed by atoms with Crippen LogP contribution in [0, 0.1) is 5.92 Å². The third-order valence-corrected chi connectivity index (χ3v) is 7.81. The molecule has 224 valence electrons. The van der Waals surface area contributed by atoms with Gasteiger partial charge in [-0.2, -0.15) is 0 Å². The zero-order valence-electron chi connectivity index (χ0n) is 25.4. The van der Waals surface area contributed by atoms with Crippen molar-refractivity contribution >= 4 is 11.8 Å². The lowest BCUT2D eigenvalue weighted by Gasteiger charge is -2.39. The van der Waals surface area contributed by atoms with E-state index >= 15 is 0 Å². The number of carbonyl (C=O) groups excluding carboxylic acids is 2. The van der Waals surface area contributed by atoms with Crippen molar-refractivity contribution in [2.75, 3.05) is 34.4 Å². The first kappa shape index (κ1) is 30.9. The van der Waals surface area contributed by atoms with Crippen molar-refractivity contribution in [3.8, 4) is 17.2 Å². The second-order valence-corrected chi connectivity index (χ2v) is 11.0. The van der Waals surface area contributed by atoms with E-state index < -0.39 is 0 Å². The minimum atomic E-state index is -0.157. The summed E-state index contributed by atoms with van der Waals surface area (Å²) in [5, 5.41) is 2.97. The first-order chi connectivity index (χ1) is 20.3. The van der Waals surface area contributed by atoms with Gasteiger partial charge in [-0.3, -0.25) is 14.5 Å². The lowest BCUT2D eigenvalue weighted by Crippen LogP contribution is -2.48. The van der Waals surface area contributed by atoms with Crippen LogP contribution in [-0.4, -0.2) is 62.1 Å². The van der Waals surface area contributed by atoms with Crippen molar-refractivity contribution in [2.24, 2.45) is 5.92 Å². The molecule has 0 aliphatic carbocycles. The molecule has 0 unspecified atom stereocenters. The van der Waals surface area contributed by atoms with E-state index in [1.165, 1.54) is 5.56 Å². The number of benzene rings is 3. The van der Waals surface area contributed by atoms with Crippen LogP contribution in [0.25, 0.3) is 0 Å². The Kier molecular flexibility index (Phi) is 10.8. The minimum absolute atomic E-state index is 0.0797. The SMILES string of the molecule is COc1ccc(CN2CCC(N(Cc3ccc(C(=O)NCc4ccc(OC)c(OC)c4)cc3)C(=O)C(C)C)CC2)cc1. The second-order valence-electron chi connectivity index (χ2n) is 11.0. The number of nitrogens with one attached hydrogen (secondary N) is 1. The number of amides is 2. The van der Waals surface area contributed by atoms with E-state index in [-0.39, 0.29) is 23.8 Å². The quantitative estimate of drug-likeness (QED) is 0.317. The third kappa shape index (κ3) is 8.03. The molecule has 3 aromatic carbocycles. The number of ether oxygens (including phenoxy) is 3. The first-order valence-corrected chi connectivity index (χ1v) is 14.5. The zero-order chi connectivity index (χ0) is 30.1. The molecule has 4 rings (SSSR count). The Morgan fingerprint density at radius 3 is 2.05 bits per heavy atom. The Hall–Kier alpha value is -4.04. The van der Waals surface area contributed by atoms with Gasteiger partial charge >= 0.3 is 0 Å². The van der Waals surface area contributed by atoms with Gasteiger partial charge in [-0.05, 0) is 65.9 Å². The predicted octanol–water partition coefficient (Wildman–Crippen LogP) is 5.29. The first-order valence-electron chi connectivity index (χ1n) is 14.5. The predicted molar refractivity (Wildman–Crippen MR) is 164 cm³/mol. The minimum Gasteiger partial charge on any atom is -0.497 e. The Labute approximate surface area is 249 Å². The number of carbonyl (C=O) groups is 2. The van der Waals surface area contributed by atoms with Crippen LogP contribution >= 0.6 is 0 Å². The van der Waals surface area contributed by atoms with Gasteiger partial charge < -0.3 is 24.4 Å². The van der Waals surface area contributed by atoms with Gasteiger partial charge in [0.15, 0.2) is 11.5 Å². The van der Waals surface area contributed by atoms with Crippen molar-refractivity contribution in [1.82, 2.24) is 15.1 Å². The molecule has 1 fully saturated rings. The van der Waals surface area contributed by atoms with Gasteiger partial charge in [0, 0.05) is 50.2 Å². The van der Waals surface area contributed by atoms with Crippen molar-refractivity contribution in [2.45, 2.75) is 52.4 Å². The normalized spacial score (nSPS) is 14.0. The lowest BCUT2D eigenvalue weighted by atomic mass is 9.99. The molecule has 1 N–H and O–H groups in total. The molecule has 1 saturated heterocycles. The highest BCUT2D eigenvalue weighted by molar-refractivity contribution is 5.94. The summed E-state index contributed by atoms with van der Waals surface area (Å²) in [6.45, 7) is 7.60. The summed E-state index contributed by atoms with van der Waals surface area (Å²) in [5.74, 6) is 2.06. The Morgan fingerprint density at radius 2 is 1.45 bits per heavy atom. The fraction of sp³-hybridized carbons (Fsp3) is 0.412. The molecule has 1 aliphatic rings. The van der Waals surface area contributed by atoms with Gasteiger partial charge in [0.1, 0.15) is 5.75 Å². The molecule has 0 spiro atoms. The topological polar surface area (TPSA) is 80.3 Å². The molecule has 0 atom stereocenters. The summed E-state index contributed by atoms with van der Waals surface area (Å²) < 4.78 is 15.9. The Bertz CT molecular complexity index is 1320. The number of rotatable bonds is 12. The van der Waals surface area contributed by atoms with Crippen molar-refractivity contribution < 1.29 is 23.8 Å². The summed E-state index contributed by atoms with van der Waals surface area (Å²) in [4.78, 5) is 30.6. The highest BCUT2D eigenvalue weighted by atomic mass is 16.5. The highest BCUT2D eigenvalue weighted by Gasteiger charge is 2.29. The van der Waals surface area contributed by atoms with Gasteiger partial charge in [-0.15, -0.1) is 0 Å². The largest absolute Gasteiger partial charge is 0.497 e. The second kappa shape index (κ2) is 14.7. The molecule has 0 bridgehead atoms. The highest BCUT2D eigenvalue weighted by Crippen LogP contribution is 2.27. The number of piperidine rings is 1. The molecule has 8 heteroatoms. The number of nitrogens with zero attached hydrogens (tertiary/aromatic N) is 2. The molecule has 0 radical (unpaired) electrons. The van der Waals surface area contributed by atoms with E-state index in [0.29, 0.717) is 30.2 Å². The van der Waals surface area contributed by atoms with Crippen LogP contribution in [-0.2, 0) is 24.4 Å². The molecule has 1 heterocycles. The van der Waals surface area contributed by atoms with Crippen molar-refractivity contribution in [3.63, 3.8) is 0 Å². The van der Waals surface area contributed by atoms with Gasteiger partial charge in [-0.1, -0.05) is 44.2 Å². The van der Waals surface area contributed by atoms with Gasteiger partial charge in [0.2, 0.25) is 5.91 Å². The number of methoxy groups -OCH3 is 3. The number of likely N-dealkylation sites (tertiary alicyclic amines) is 1. The van der Waals surface area contributed by atoms with Crippen LogP contribution < -0.4 is 19.5 Å². The van der Waals surface area contributed by atoms with E-state index in [9.17, 15) is 9.59 Å². The van der Waals surface area contributed by atoms with E-state index in [2.05, 4.69) is 22.3 Å². The maximum atomic E-state index is 13.3. The molecule has 8 nitrogen and oxygen atoms in total. The summed E-state index contributed by atoms with van der Waals surface area (Å²) in [7, 11) is 4.86. The van der Waals surface area contributed by atoms with Crippen LogP contribution in [0.4, 0.5) is 0 Å². The molecule has 3 aromatic rings. The van der Waals surface area contributed by atoms with Crippen molar-refractivity contribution in [1.29, 1.82) is 0 Å². The maximum Gasteiger partial charge on any atom is 0.251 e. The van der Waals surface area contributed by atoms with E-state index in [1.807, 2.05) is 73.3 Å². The molecule has 42 heavy (non-hydrogen) atoms. The van der Waals surface area contributed by atoms with E-state index in [0.717, 1.165) is 49.4 Å². The van der Waals surface area contributed by atoms with Gasteiger partial charge in [0.25, 0.3) is 5.91 Å². The van der Waals surface area contributed by atoms with Crippen molar-refractivity contribution in [3.05, 3.63) is 89.0 Å². The summed E-state index contributed by atoms with van der Waals surface area (Å²) in [6, 6.07) is 21.5. The fourth-order valence-corrected chi connectivity index (χ4v) is 5.33. The maximum absolute atomic E-state index is 13.3. The number of hydrogen-bond donors (Lipinski definition) is 1. The zero-order valence-corrected chi connectivity index (χ0v) is 25.4. The summed E-state index contributed by atoms with van der Waals surface area (Å²) in [6.07, 6.45) is 1.87. The van der Waals surface area contributed by atoms with Gasteiger partial charge in [-0.25, -0.2) is 0 Å². The third-order valence-electron chi connectivity index (χ3n) is 7.81. The van der Waals surface area contributed by atoms with Gasteiger partial charge in [0.05, 0.1) is 21.3 Å². The van der Waals surface area contributed by atoms with Crippen LogP contribution in [0.3, 0.4) is 0 Å².